The van der Waals surface area contributed by atoms with Crippen molar-refractivity contribution in [1.82, 2.24) is 4.90 Å². The fourth-order valence-electron chi connectivity index (χ4n) is 2.91. The number of morpholine rings is 1. The van der Waals surface area contributed by atoms with E-state index in [0.29, 0.717) is 19.7 Å². The van der Waals surface area contributed by atoms with Crippen LogP contribution in [0.1, 0.15) is 33.1 Å². The Hall–Kier alpha value is -2.39. The van der Waals surface area contributed by atoms with Gasteiger partial charge in [0.25, 0.3) is 0 Å². The first-order valence-corrected chi connectivity index (χ1v) is 8.66. The van der Waals surface area contributed by atoms with Gasteiger partial charge < -0.3 is 14.5 Å². The van der Waals surface area contributed by atoms with Gasteiger partial charge in [0.1, 0.15) is 0 Å². The van der Waals surface area contributed by atoms with E-state index in [1.807, 2.05) is 44.2 Å². The van der Waals surface area contributed by atoms with Crippen LogP contribution in [0, 0.1) is 11.3 Å². The molecule has 1 fully saturated rings. The molecule has 1 aliphatic heterocycles. The highest BCUT2D eigenvalue weighted by Gasteiger charge is 2.28. The number of para-hydroxylation sites is 1. The summed E-state index contributed by atoms with van der Waals surface area (Å²) in [6.45, 7) is 5.31. The first kappa shape index (κ1) is 18.9. The van der Waals surface area contributed by atoms with Crippen molar-refractivity contribution in [2.24, 2.45) is 0 Å². The van der Waals surface area contributed by atoms with Crippen molar-refractivity contribution in [2.75, 3.05) is 24.6 Å². The molecule has 0 N–H and O–H groups in total. The average Bonchev–Trinajstić information content (AvgIpc) is 2.63. The maximum atomic E-state index is 12.6. The Labute approximate surface area is 149 Å². The summed E-state index contributed by atoms with van der Waals surface area (Å²) in [6, 6.07) is 11.3. The Morgan fingerprint density at radius 1 is 1.28 bits per heavy atom. The van der Waals surface area contributed by atoms with Crippen LogP contribution in [0.15, 0.2) is 30.3 Å². The van der Waals surface area contributed by atoms with Crippen LogP contribution in [0.5, 0.6) is 0 Å². The van der Waals surface area contributed by atoms with Crippen LogP contribution in [0.4, 0.5) is 5.69 Å². The number of benzene rings is 1. The molecule has 0 spiro atoms. The Morgan fingerprint density at radius 2 is 2.00 bits per heavy atom. The lowest BCUT2D eigenvalue weighted by atomic mass is 10.1. The van der Waals surface area contributed by atoms with Crippen LogP contribution < -0.4 is 4.90 Å². The van der Waals surface area contributed by atoms with E-state index in [0.717, 1.165) is 5.69 Å². The number of amides is 2. The molecular weight excluding hydrogens is 318 g/mol. The first-order valence-electron chi connectivity index (χ1n) is 8.66. The minimum absolute atomic E-state index is 0.0206. The third kappa shape index (κ3) is 5.30. The van der Waals surface area contributed by atoms with Crippen molar-refractivity contribution in [3.8, 4) is 6.07 Å². The molecule has 2 atom stereocenters. The number of hydrogen-bond acceptors (Lipinski definition) is 4. The molecule has 1 heterocycles. The summed E-state index contributed by atoms with van der Waals surface area (Å²) in [5, 5.41) is 8.83. The lowest BCUT2D eigenvalue weighted by molar-refractivity contribution is -0.144. The van der Waals surface area contributed by atoms with Gasteiger partial charge in [-0.1, -0.05) is 18.2 Å². The number of carbonyl (C=O) groups is 2. The quantitative estimate of drug-likeness (QED) is 0.795. The van der Waals surface area contributed by atoms with Gasteiger partial charge in [-0.05, 0) is 26.0 Å². The van der Waals surface area contributed by atoms with Crippen molar-refractivity contribution in [1.29, 1.82) is 5.26 Å². The number of nitrogens with zero attached hydrogens (tertiary/aromatic N) is 3. The first-order chi connectivity index (χ1) is 12.0. The smallest absolute Gasteiger partial charge is 0.227 e. The Morgan fingerprint density at radius 3 is 2.68 bits per heavy atom. The van der Waals surface area contributed by atoms with Gasteiger partial charge in [0.15, 0.2) is 0 Å². The molecule has 1 aromatic carbocycles. The fourth-order valence-corrected chi connectivity index (χ4v) is 2.91. The second-order valence-corrected chi connectivity index (χ2v) is 6.33. The van der Waals surface area contributed by atoms with Crippen molar-refractivity contribution in [3.63, 3.8) is 0 Å². The van der Waals surface area contributed by atoms with Crippen molar-refractivity contribution < 1.29 is 14.3 Å². The second-order valence-electron chi connectivity index (χ2n) is 6.33. The fraction of sp³-hybridized carbons (Fsp3) is 0.526. The number of rotatable bonds is 6. The summed E-state index contributed by atoms with van der Waals surface area (Å²) in [5.41, 5.74) is 0.753. The molecular formula is C19H25N3O3. The summed E-state index contributed by atoms with van der Waals surface area (Å²) in [6.07, 6.45) is 0.586. The molecule has 1 aliphatic rings. The predicted molar refractivity (Wildman–Crippen MR) is 94.8 cm³/mol. The SMILES string of the molecule is CC1CN(C(=O)CCC(=O)N(CCC#N)c2ccccc2)C(C)CO1. The standard InChI is InChI=1S/C19H25N3O3/c1-15-14-25-16(2)13-22(15)19(24)10-9-18(23)21(12-6-11-20)17-7-4-3-5-8-17/h3-5,7-8,15-16H,6,9-10,12-14H2,1-2H3. The van der Waals surface area contributed by atoms with Gasteiger partial charge in [0.05, 0.1) is 31.2 Å². The summed E-state index contributed by atoms with van der Waals surface area (Å²) < 4.78 is 5.54. The summed E-state index contributed by atoms with van der Waals surface area (Å²) >= 11 is 0. The van der Waals surface area contributed by atoms with Gasteiger partial charge in [-0.2, -0.15) is 5.26 Å². The molecule has 25 heavy (non-hydrogen) atoms. The molecule has 0 aromatic heterocycles. The maximum Gasteiger partial charge on any atom is 0.227 e. The molecule has 1 aromatic rings. The Bertz CT molecular complexity index is 627. The molecule has 0 saturated carbocycles. The number of nitriles is 1. The topological polar surface area (TPSA) is 73.6 Å². The third-order valence-corrected chi connectivity index (χ3v) is 4.30. The highest BCUT2D eigenvalue weighted by molar-refractivity contribution is 5.95. The molecule has 6 nitrogen and oxygen atoms in total. The van der Waals surface area contributed by atoms with Crippen molar-refractivity contribution >= 4 is 17.5 Å². The minimum Gasteiger partial charge on any atom is -0.375 e. The van der Waals surface area contributed by atoms with E-state index in [2.05, 4.69) is 6.07 Å². The van der Waals surface area contributed by atoms with Crippen molar-refractivity contribution in [3.05, 3.63) is 30.3 Å². The molecule has 1 saturated heterocycles. The van der Waals surface area contributed by atoms with E-state index in [4.69, 9.17) is 10.00 Å². The minimum atomic E-state index is -0.135. The van der Waals surface area contributed by atoms with E-state index in [9.17, 15) is 9.59 Å². The lowest BCUT2D eigenvalue weighted by Gasteiger charge is -2.37. The largest absolute Gasteiger partial charge is 0.375 e. The summed E-state index contributed by atoms with van der Waals surface area (Å²) in [5.74, 6) is -0.159. The van der Waals surface area contributed by atoms with E-state index in [1.54, 1.807) is 9.80 Å². The lowest BCUT2D eigenvalue weighted by Crippen LogP contribution is -2.50. The van der Waals surface area contributed by atoms with E-state index >= 15 is 0 Å². The van der Waals surface area contributed by atoms with Gasteiger partial charge in [-0.25, -0.2) is 0 Å². The van der Waals surface area contributed by atoms with Crippen LogP contribution in [0.25, 0.3) is 0 Å². The number of ether oxygens (including phenoxy) is 1. The molecule has 2 unspecified atom stereocenters. The molecule has 134 valence electrons. The van der Waals surface area contributed by atoms with Crippen LogP contribution in [0.2, 0.25) is 0 Å². The zero-order valence-electron chi connectivity index (χ0n) is 14.9. The zero-order chi connectivity index (χ0) is 18.2. The second kappa shape index (κ2) is 9.19. The van der Waals surface area contributed by atoms with Gasteiger partial charge in [0, 0.05) is 31.6 Å². The highest BCUT2D eigenvalue weighted by atomic mass is 16.5. The molecule has 0 bridgehead atoms. The highest BCUT2D eigenvalue weighted by Crippen LogP contribution is 2.17. The van der Waals surface area contributed by atoms with Gasteiger partial charge in [0.2, 0.25) is 11.8 Å². The maximum absolute atomic E-state index is 12.6. The molecule has 0 radical (unpaired) electrons. The molecule has 6 heteroatoms. The van der Waals surface area contributed by atoms with E-state index < -0.39 is 0 Å². The Balaban J connectivity index is 1.96. The van der Waals surface area contributed by atoms with Crippen LogP contribution in [-0.4, -0.2) is 48.6 Å². The van der Waals surface area contributed by atoms with Crippen LogP contribution >= 0.6 is 0 Å². The number of carbonyl (C=O) groups excluding carboxylic acids is 2. The normalized spacial score (nSPS) is 20.0. The van der Waals surface area contributed by atoms with Crippen molar-refractivity contribution in [2.45, 2.75) is 45.3 Å². The molecule has 2 rings (SSSR count). The third-order valence-electron chi connectivity index (χ3n) is 4.30. The summed E-state index contributed by atoms with van der Waals surface area (Å²) in [4.78, 5) is 28.5. The number of hydrogen-bond donors (Lipinski definition) is 0. The van der Waals surface area contributed by atoms with Gasteiger partial charge in [-0.3, -0.25) is 9.59 Å². The van der Waals surface area contributed by atoms with Gasteiger partial charge in [-0.15, -0.1) is 0 Å². The molecule has 0 aliphatic carbocycles. The van der Waals surface area contributed by atoms with E-state index in [1.165, 1.54) is 0 Å². The van der Waals surface area contributed by atoms with Crippen LogP contribution in [-0.2, 0) is 14.3 Å². The predicted octanol–water partition coefficient (Wildman–Crippen LogP) is 2.35. The zero-order valence-corrected chi connectivity index (χ0v) is 14.9. The Kier molecular flexibility index (Phi) is 6.96. The number of anilines is 1. The van der Waals surface area contributed by atoms with Gasteiger partial charge >= 0.3 is 0 Å². The molecule has 2 amide bonds. The summed E-state index contributed by atoms with van der Waals surface area (Å²) in [7, 11) is 0. The van der Waals surface area contributed by atoms with Crippen LogP contribution in [0.3, 0.4) is 0 Å². The monoisotopic (exact) mass is 343 g/mol. The van der Waals surface area contributed by atoms with E-state index in [-0.39, 0.29) is 43.2 Å². The average molecular weight is 343 g/mol.